The number of carbonyl (C=O) groups excluding carboxylic acids is 2. The Kier molecular flexibility index (Phi) is 5.53. The Bertz CT molecular complexity index is 921. The summed E-state index contributed by atoms with van der Waals surface area (Å²) in [5, 5.41) is 2.08. The molecule has 0 bridgehead atoms. The van der Waals surface area contributed by atoms with Crippen LogP contribution in [0.15, 0.2) is 53.2 Å². The second-order valence-corrected chi connectivity index (χ2v) is 8.92. The zero-order valence-electron chi connectivity index (χ0n) is 14.8. The summed E-state index contributed by atoms with van der Waals surface area (Å²) < 4.78 is 5.85. The molecule has 1 heterocycles. The lowest BCUT2D eigenvalue weighted by molar-refractivity contribution is -0.151. The second kappa shape index (κ2) is 7.68. The standard InChI is InChI=1S/C20H19NO3S2/c1-20(2,3)24-17(22)12-25-19-21-16(18(23)26-19)11-14-9-6-8-13-7-4-5-10-15(13)14/h4-11H,12H2,1-3H3. The van der Waals surface area contributed by atoms with Crippen LogP contribution in [0.3, 0.4) is 0 Å². The highest BCUT2D eigenvalue weighted by atomic mass is 32.2. The van der Waals surface area contributed by atoms with Gasteiger partial charge in [-0.05, 0) is 54.9 Å². The van der Waals surface area contributed by atoms with Crippen LogP contribution in [0, 0.1) is 0 Å². The van der Waals surface area contributed by atoms with Gasteiger partial charge in [0.1, 0.15) is 15.7 Å². The van der Waals surface area contributed by atoms with Gasteiger partial charge in [-0.15, -0.1) is 0 Å². The lowest BCUT2D eigenvalue weighted by atomic mass is 10.0. The average Bonchev–Trinajstić information content (AvgIpc) is 2.92. The number of nitrogens with zero attached hydrogens (tertiary/aromatic N) is 1. The van der Waals surface area contributed by atoms with Crippen molar-refractivity contribution in [3.8, 4) is 0 Å². The van der Waals surface area contributed by atoms with Gasteiger partial charge in [-0.2, -0.15) is 0 Å². The van der Waals surface area contributed by atoms with Gasteiger partial charge in [0.2, 0.25) is 5.12 Å². The molecular formula is C20H19NO3S2. The molecule has 134 valence electrons. The molecule has 6 heteroatoms. The van der Waals surface area contributed by atoms with E-state index in [1.165, 1.54) is 11.8 Å². The molecule has 2 aromatic carbocycles. The van der Waals surface area contributed by atoms with Crippen LogP contribution in [0.1, 0.15) is 26.3 Å². The first-order valence-electron chi connectivity index (χ1n) is 8.17. The first-order valence-corrected chi connectivity index (χ1v) is 9.97. The van der Waals surface area contributed by atoms with Crippen LogP contribution in [0.5, 0.6) is 0 Å². The van der Waals surface area contributed by atoms with E-state index in [4.69, 9.17) is 4.74 Å². The molecule has 0 amide bonds. The van der Waals surface area contributed by atoms with Crippen LogP contribution >= 0.6 is 23.5 Å². The lowest BCUT2D eigenvalue weighted by Crippen LogP contribution is -2.25. The quantitative estimate of drug-likeness (QED) is 0.556. The van der Waals surface area contributed by atoms with Crippen LogP contribution in [0.25, 0.3) is 16.8 Å². The highest BCUT2D eigenvalue weighted by molar-refractivity contribution is 8.45. The summed E-state index contributed by atoms with van der Waals surface area (Å²) in [6.07, 6.45) is 1.80. The van der Waals surface area contributed by atoms with Gasteiger partial charge >= 0.3 is 5.97 Å². The minimum Gasteiger partial charge on any atom is -0.459 e. The number of hydrogen-bond acceptors (Lipinski definition) is 6. The first kappa shape index (κ1) is 18.7. The largest absolute Gasteiger partial charge is 0.459 e. The number of thioether (sulfide) groups is 2. The Morgan fingerprint density at radius 1 is 1.19 bits per heavy atom. The molecular weight excluding hydrogens is 366 g/mol. The molecule has 0 fully saturated rings. The lowest BCUT2D eigenvalue weighted by Gasteiger charge is -2.19. The summed E-state index contributed by atoms with van der Waals surface area (Å²) in [7, 11) is 0. The maximum Gasteiger partial charge on any atom is 0.316 e. The summed E-state index contributed by atoms with van der Waals surface area (Å²) in [5.74, 6) is -0.178. The van der Waals surface area contributed by atoms with Crippen molar-refractivity contribution in [1.82, 2.24) is 0 Å². The molecule has 0 aliphatic carbocycles. The highest BCUT2D eigenvalue weighted by Gasteiger charge is 2.24. The SMILES string of the molecule is CC(C)(C)OC(=O)CSC1=NC(=Cc2cccc3ccccc23)C(=O)S1. The number of fused-ring (bicyclic) bond motifs is 1. The summed E-state index contributed by atoms with van der Waals surface area (Å²) in [6.45, 7) is 5.48. The van der Waals surface area contributed by atoms with Gasteiger partial charge in [-0.25, -0.2) is 4.99 Å². The van der Waals surface area contributed by atoms with Crippen molar-refractivity contribution in [3.05, 3.63) is 53.7 Å². The van der Waals surface area contributed by atoms with Gasteiger partial charge in [0, 0.05) is 0 Å². The molecule has 1 aliphatic heterocycles. The second-order valence-electron chi connectivity index (χ2n) is 6.74. The van der Waals surface area contributed by atoms with Gasteiger partial charge in [0.05, 0.1) is 5.75 Å². The van der Waals surface area contributed by atoms with Gasteiger partial charge < -0.3 is 4.74 Å². The van der Waals surface area contributed by atoms with Crippen molar-refractivity contribution in [2.45, 2.75) is 26.4 Å². The van der Waals surface area contributed by atoms with E-state index >= 15 is 0 Å². The Morgan fingerprint density at radius 2 is 1.92 bits per heavy atom. The van der Waals surface area contributed by atoms with E-state index in [0.717, 1.165) is 28.1 Å². The van der Waals surface area contributed by atoms with Gasteiger partial charge in [0.15, 0.2) is 0 Å². The van der Waals surface area contributed by atoms with E-state index in [0.29, 0.717) is 10.1 Å². The smallest absolute Gasteiger partial charge is 0.316 e. The minimum atomic E-state index is -0.516. The third kappa shape index (κ3) is 4.77. The van der Waals surface area contributed by atoms with E-state index in [2.05, 4.69) is 4.99 Å². The van der Waals surface area contributed by atoms with E-state index in [-0.39, 0.29) is 16.8 Å². The molecule has 2 aromatic rings. The molecule has 0 atom stereocenters. The Morgan fingerprint density at radius 3 is 2.69 bits per heavy atom. The number of esters is 1. The molecule has 0 spiro atoms. The van der Waals surface area contributed by atoms with E-state index in [9.17, 15) is 9.59 Å². The molecule has 3 rings (SSSR count). The summed E-state index contributed by atoms with van der Waals surface area (Å²) in [4.78, 5) is 28.4. The predicted molar refractivity (Wildman–Crippen MR) is 110 cm³/mol. The third-order valence-corrected chi connectivity index (χ3v) is 5.43. The van der Waals surface area contributed by atoms with Crippen molar-refractivity contribution in [2.24, 2.45) is 4.99 Å². The zero-order chi connectivity index (χ0) is 18.7. The van der Waals surface area contributed by atoms with Gasteiger partial charge in [-0.3, -0.25) is 9.59 Å². The van der Waals surface area contributed by atoms with Crippen LogP contribution in [-0.2, 0) is 14.3 Å². The Hall–Kier alpha value is -2.05. The number of hydrogen-bond donors (Lipinski definition) is 0. The van der Waals surface area contributed by atoms with Crippen molar-refractivity contribution in [1.29, 1.82) is 0 Å². The van der Waals surface area contributed by atoms with Crippen LogP contribution < -0.4 is 0 Å². The third-order valence-electron chi connectivity index (χ3n) is 3.45. The molecule has 0 N–H and O–H groups in total. The molecule has 0 radical (unpaired) electrons. The van der Waals surface area contributed by atoms with Gasteiger partial charge in [-0.1, -0.05) is 54.2 Å². The number of ether oxygens (including phenoxy) is 1. The van der Waals surface area contributed by atoms with Gasteiger partial charge in [0.25, 0.3) is 0 Å². The van der Waals surface area contributed by atoms with E-state index in [1.54, 1.807) is 6.08 Å². The number of rotatable bonds is 3. The summed E-state index contributed by atoms with van der Waals surface area (Å²) in [5.41, 5.74) is 0.838. The van der Waals surface area contributed by atoms with E-state index in [1.807, 2.05) is 63.2 Å². The summed E-state index contributed by atoms with van der Waals surface area (Å²) >= 11 is 2.29. The Labute approximate surface area is 161 Å². The van der Waals surface area contributed by atoms with Crippen molar-refractivity contribution < 1.29 is 14.3 Å². The number of carbonyl (C=O) groups is 2. The number of aliphatic imine (C=N–C) groups is 1. The normalized spacial score (nSPS) is 16.2. The average molecular weight is 386 g/mol. The molecule has 0 saturated carbocycles. The number of benzene rings is 2. The molecule has 0 unspecified atom stereocenters. The van der Waals surface area contributed by atoms with Crippen molar-refractivity contribution in [3.63, 3.8) is 0 Å². The van der Waals surface area contributed by atoms with Crippen LogP contribution in [0.4, 0.5) is 0 Å². The minimum absolute atomic E-state index is 0.107. The monoisotopic (exact) mass is 385 g/mol. The molecule has 0 aromatic heterocycles. The molecule has 4 nitrogen and oxygen atoms in total. The fourth-order valence-electron chi connectivity index (χ4n) is 2.47. The molecule has 26 heavy (non-hydrogen) atoms. The molecule has 0 saturated heterocycles. The maximum absolute atomic E-state index is 12.2. The van der Waals surface area contributed by atoms with Crippen LogP contribution in [-0.4, -0.2) is 26.8 Å². The highest BCUT2D eigenvalue weighted by Crippen LogP contribution is 2.32. The van der Waals surface area contributed by atoms with Crippen molar-refractivity contribution >= 4 is 55.8 Å². The van der Waals surface area contributed by atoms with E-state index < -0.39 is 5.60 Å². The topological polar surface area (TPSA) is 55.7 Å². The Balaban J connectivity index is 1.75. The predicted octanol–water partition coefficient (Wildman–Crippen LogP) is 4.89. The maximum atomic E-state index is 12.2. The fourth-order valence-corrected chi connectivity index (χ4v) is 4.08. The first-order chi connectivity index (χ1) is 12.3. The van der Waals surface area contributed by atoms with Crippen LogP contribution in [0.2, 0.25) is 0 Å². The molecule has 1 aliphatic rings. The zero-order valence-corrected chi connectivity index (χ0v) is 16.4. The fraction of sp³-hybridized carbons (Fsp3) is 0.250. The van der Waals surface area contributed by atoms with Crippen molar-refractivity contribution in [2.75, 3.05) is 5.75 Å². The summed E-state index contributed by atoms with van der Waals surface area (Å²) in [6, 6.07) is 14.0.